The van der Waals surface area contributed by atoms with Gasteiger partial charge in [-0.25, -0.2) is 38.8 Å². The molecule has 4 saturated carbocycles. The van der Waals surface area contributed by atoms with Crippen LogP contribution in [0.15, 0.2) is 139 Å². The summed E-state index contributed by atoms with van der Waals surface area (Å²) in [6, 6.07) is 22.3. The van der Waals surface area contributed by atoms with Crippen molar-refractivity contribution in [2.24, 2.45) is 46.6 Å². The number of benzene rings is 3. The lowest BCUT2D eigenvalue weighted by Gasteiger charge is -2.47. The average molecular weight is 1280 g/mol. The number of fused-ring (bicyclic) bond motifs is 3. The number of carbonyl (C=O) groups excluding carboxylic acids is 6. The second kappa shape index (κ2) is 24.7. The van der Waals surface area contributed by atoms with Crippen molar-refractivity contribution in [1.82, 2.24) is 15.3 Å². The van der Waals surface area contributed by atoms with E-state index in [0.29, 0.717) is 78.9 Å². The number of nitrogens with zero attached hydrogens (tertiary/aromatic N) is 5. The molecule has 4 aliphatic carbocycles. The lowest BCUT2D eigenvalue weighted by molar-refractivity contribution is -0.141. The lowest BCUT2D eigenvalue weighted by atomic mass is 9.79. The quantitative estimate of drug-likeness (QED) is 0.0449. The van der Waals surface area contributed by atoms with Gasteiger partial charge in [0.05, 0.1) is 129 Å². The number of ether oxygens (including phenoxy) is 6. The Balaban J connectivity index is 0.000000210. The third-order valence-electron chi connectivity index (χ3n) is 17.3. The molecule has 0 spiro atoms. The van der Waals surface area contributed by atoms with Crippen LogP contribution in [0.4, 0.5) is 0 Å². The Morgan fingerprint density at radius 1 is 0.473 bits per heavy atom. The van der Waals surface area contributed by atoms with Crippen molar-refractivity contribution in [3.05, 3.63) is 172 Å². The molecular weight excluding hydrogens is 1220 g/mol. The molecule has 3 aliphatic heterocycles. The van der Waals surface area contributed by atoms with E-state index in [0.717, 1.165) is 79.1 Å². The fourth-order valence-corrected chi connectivity index (χ4v) is 15.4. The first-order valence-corrected chi connectivity index (χ1v) is 31.9. The number of thiophene rings is 3. The van der Waals surface area contributed by atoms with Gasteiger partial charge in [0.25, 0.3) is 0 Å². The summed E-state index contributed by atoms with van der Waals surface area (Å²) in [4.78, 5) is 83.4. The van der Waals surface area contributed by atoms with Gasteiger partial charge in [-0.15, -0.1) is 34.0 Å². The molecule has 2 atom stereocenters. The number of nitriles is 3. The van der Waals surface area contributed by atoms with Gasteiger partial charge in [0.2, 0.25) is 0 Å². The van der Waals surface area contributed by atoms with Crippen molar-refractivity contribution in [3.8, 4) is 18.2 Å². The summed E-state index contributed by atoms with van der Waals surface area (Å²) in [7, 11) is 4.83. The van der Waals surface area contributed by atoms with Gasteiger partial charge in [-0.05, 0) is 136 Å². The zero-order valence-electron chi connectivity index (χ0n) is 49.7. The molecule has 9 N–H and O–H groups in total. The van der Waals surface area contributed by atoms with Crippen LogP contribution in [0.5, 0.6) is 0 Å². The highest BCUT2D eigenvalue weighted by atomic mass is 32.1. The first kappa shape index (κ1) is 61.1. The van der Waals surface area contributed by atoms with Crippen molar-refractivity contribution in [1.29, 1.82) is 15.8 Å². The SMILES string of the molecule is COC(=O)C1=C(N)N(N2C(N)=C(C(=O)OCC3CC3)C(c3csc4c(C#N)cccc34)C(C(=O)OC)=C2C2CC2)C(N)=C(C(=O)OC)C1c1csc2c(C#N)cccc12.COC(=O)C1=C(N)NC(C2CC2)=C(C(=O)OCC2CC2)C1c1csc2c(C#N)cccc12. The molecule has 6 heterocycles. The van der Waals surface area contributed by atoms with Gasteiger partial charge in [-0.2, -0.15) is 15.8 Å². The maximum atomic E-state index is 14.6. The third-order valence-corrected chi connectivity index (χ3v) is 20.4. The van der Waals surface area contributed by atoms with Gasteiger partial charge in [-0.1, -0.05) is 36.4 Å². The van der Waals surface area contributed by atoms with Crippen molar-refractivity contribution in [2.75, 3.05) is 41.7 Å². The molecule has 0 saturated heterocycles. The van der Waals surface area contributed by atoms with E-state index in [1.54, 1.807) is 59.3 Å². The standard InChI is InChI=1S/C42H37N7O8S2.C24H23N3O4S/c1-54-39(50)29-27(25-17-58-34-21(14-43)6-4-8-23(25)34)32(42(53)57-16-19-10-11-19)36(45)48(33(29)20-12-13-20)49-37(46)30(40(51)55-2)28(31(38(49)47)41(52)56-3)26-18-59-35-22(15-44)7-5-9-24(26)35;1-30-23(28)19-17(16-11-32-21-14(9-25)3-2-4-15(16)21)18(24(29)31-10-12-5-6-12)20(13-7-8-13)27-22(19)26/h4-9,17-20,27-28H,10-13,16,45-47H2,1-3H3;2-4,11-13,17,27H,5-8,10,26H2,1H3. The number of methoxy groups -OCH3 is 4. The molecule has 2 unspecified atom stereocenters. The van der Waals surface area contributed by atoms with Crippen molar-refractivity contribution < 1.29 is 57.2 Å². The average Bonchev–Trinajstić information content (AvgIpc) is 1.47. The Kier molecular flexibility index (Phi) is 16.6. The maximum absolute atomic E-state index is 14.6. The van der Waals surface area contributed by atoms with E-state index >= 15 is 0 Å². The Labute approximate surface area is 533 Å². The Bertz CT molecular complexity index is 4430. The van der Waals surface area contributed by atoms with Gasteiger partial charge in [0.1, 0.15) is 41.5 Å². The van der Waals surface area contributed by atoms with Gasteiger partial charge in [-0.3, -0.25) is 0 Å². The molecule has 4 fully saturated rings. The fourth-order valence-electron chi connectivity index (χ4n) is 12.2. The van der Waals surface area contributed by atoms with Crippen LogP contribution in [-0.2, 0) is 57.2 Å². The van der Waals surface area contributed by atoms with E-state index in [1.165, 1.54) is 53.2 Å². The molecule has 91 heavy (non-hydrogen) atoms. The van der Waals surface area contributed by atoms with Crippen LogP contribution in [0.3, 0.4) is 0 Å². The van der Waals surface area contributed by atoms with E-state index in [9.17, 15) is 44.6 Å². The van der Waals surface area contributed by atoms with Crippen molar-refractivity contribution >= 4 is 100 Å². The van der Waals surface area contributed by atoms with Crippen LogP contribution >= 0.6 is 34.0 Å². The lowest BCUT2D eigenvalue weighted by Crippen LogP contribution is -2.54. The van der Waals surface area contributed by atoms with Gasteiger partial charge in [0.15, 0.2) is 0 Å². The van der Waals surface area contributed by atoms with Gasteiger partial charge in [0, 0.05) is 11.6 Å². The minimum atomic E-state index is -1.26. The zero-order valence-corrected chi connectivity index (χ0v) is 52.2. The molecule has 3 aromatic heterocycles. The number of nitrogens with two attached hydrogens (primary N) is 4. The number of hydrogen-bond acceptors (Lipinski definition) is 25. The normalized spacial score (nSPS) is 19.4. The van der Waals surface area contributed by atoms with Crippen LogP contribution in [-0.4, -0.2) is 87.5 Å². The predicted octanol–water partition coefficient (Wildman–Crippen LogP) is 8.34. The molecule has 0 amide bonds. The number of dihydropyridines is 1. The highest BCUT2D eigenvalue weighted by molar-refractivity contribution is 7.18. The summed E-state index contributed by atoms with van der Waals surface area (Å²) >= 11 is 3.93. The van der Waals surface area contributed by atoms with E-state index in [4.69, 9.17) is 51.4 Å². The van der Waals surface area contributed by atoms with Crippen molar-refractivity contribution in [2.45, 2.75) is 69.1 Å². The summed E-state index contributed by atoms with van der Waals surface area (Å²) in [5.74, 6) is -7.93. The topological polar surface area (TPSA) is 352 Å². The zero-order chi connectivity index (χ0) is 64.3. The molecular formula is C66H60N10O12S3. The van der Waals surface area contributed by atoms with Crippen LogP contribution < -0.4 is 28.3 Å². The number of allylic oxidation sites excluding steroid dienone is 2. The van der Waals surface area contributed by atoms with Gasteiger partial charge >= 0.3 is 35.8 Å². The number of carbonyl (C=O) groups is 6. The molecule has 22 nitrogen and oxygen atoms in total. The second-order valence-electron chi connectivity index (χ2n) is 23.0. The van der Waals surface area contributed by atoms with E-state index in [1.807, 2.05) is 11.4 Å². The van der Waals surface area contributed by atoms with Crippen LogP contribution in [0, 0.1) is 57.7 Å². The summed E-state index contributed by atoms with van der Waals surface area (Å²) < 4.78 is 34.8. The Morgan fingerprint density at radius 2 is 0.824 bits per heavy atom. The molecule has 0 radical (unpaired) electrons. The predicted molar refractivity (Wildman–Crippen MR) is 334 cm³/mol. The number of nitrogens with one attached hydrogen (secondary N) is 1. The second-order valence-corrected chi connectivity index (χ2v) is 25.6. The minimum Gasteiger partial charge on any atom is -0.466 e. The number of rotatable bonds is 16. The first-order chi connectivity index (χ1) is 44.0. The molecule has 13 rings (SSSR count). The number of hydrogen-bond donors (Lipinski definition) is 5. The molecule has 0 bridgehead atoms. The van der Waals surface area contributed by atoms with Crippen LogP contribution in [0.2, 0.25) is 0 Å². The summed E-state index contributed by atoms with van der Waals surface area (Å²) in [5.41, 5.74) is 31.8. The number of hydrazine groups is 1. The molecule has 25 heteroatoms. The fraction of sp³-hybridized carbons (Fsp3) is 0.318. The summed E-state index contributed by atoms with van der Waals surface area (Å²) in [6.07, 6.45) is 6.93. The molecule has 6 aromatic rings. The van der Waals surface area contributed by atoms with Crippen molar-refractivity contribution in [3.63, 3.8) is 0 Å². The van der Waals surface area contributed by atoms with Crippen LogP contribution in [0.25, 0.3) is 30.3 Å². The smallest absolute Gasteiger partial charge is 0.338 e. The minimum absolute atomic E-state index is 0.0273. The monoisotopic (exact) mass is 1280 g/mol. The Hall–Kier alpha value is -10.1. The maximum Gasteiger partial charge on any atom is 0.338 e. The largest absolute Gasteiger partial charge is 0.466 e. The van der Waals surface area contributed by atoms with E-state index < -0.39 is 53.6 Å². The molecule has 7 aliphatic rings. The summed E-state index contributed by atoms with van der Waals surface area (Å²) in [5, 5.41) is 42.3. The van der Waals surface area contributed by atoms with Gasteiger partial charge < -0.3 is 56.7 Å². The highest BCUT2D eigenvalue weighted by Crippen LogP contribution is 2.55. The first-order valence-electron chi connectivity index (χ1n) is 29.3. The van der Waals surface area contributed by atoms with E-state index in [-0.39, 0.29) is 81.2 Å². The molecule has 3 aromatic carbocycles. The summed E-state index contributed by atoms with van der Waals surface area (Å²) in [6.45, 7) is 0.483. The third kappa shape index (κ3) is 10.9. The van der Waals surface area contributed by atoms with Crippen LogP contribution in [0.1, 0.15) is 103 Å². The highest BCUT2D eigenvalue weighted by Gasteiger charge is 2.53. The number of esters is 6. The Morgan fingerprint density at radius 3 is 1.21 bits per heavy atom. The van der Waals surface area contributed by atoms with E-state index in [2.05, 4.69) is 23.5 Å². The molecule has 464 valence electrons.